The van der Waals surface area contributed by atoms with Gasteiger partial charge in [-0.3, -0.25) is 9.48 Å². The highest BCUT2D eigenvalue weighted by Crippen LogP contribution is 2.26. The summed E-state index contributed by atoms with van der Waals surface area (Å²) in [5.74, 6) is 1.10. The van der Waals surface area contributed by atoms with Crippen LogP contribution in [0.15, 0.2) is 78.9 Å². The molecule has 1 fully saturated rings. The summed E-state index contributed by atoms with van der Waals surface area (Å²) < 4.78 is 7.16. The average molecular weight is 497 g/mol. The molecule has 0 unspecified atom stereocenters. The number of piperazine rings is 1. The minimum Gasteiger partial charge on any atom is -0.497 e. The molecule has 1 aliphatic rings. The maximum Gasteiger partial charge on any atom is 0.256 e. The maximum atomic E-state index is 13.1. The van der Waals surface area contributed by atoms with Crippen molar-refractivity contribution in [3.63, 3.8) is 0 Å². The molecular weight excluding hydrogens is 464 g/mol. The highest BCUT2D eigenvalue weighted by Gasteiger charge is 2.17. The Morgan fingerprint density at radius 2 is 1.62 bits per heavy atom. The summed E-state index contributed by atoms with van der Waals surface area (Å²) in [7, 11) is 3.79. The number of nitrogens with one attached hydrogen (secondary N) is 1. The zero-order chi connectivity index (χ0) is 25.8. The SMILES string of the molecule is COc1ccc(Cn2nc(NC(=O)c3ccc(N4CCN(C)CC4)cc3)cc2-c2ccc(N)cc2)cc1. The molecule has 3 N–H and O–H groups in total. The van der Waals surface area contributed by atoms with Gasteiger partial charge in [0.15, 0.2) is 5.82 Å². The first kappa shape index (κ1) is 24.4. The molecule has 0 spiro atoms. The van der Waals surface area contributed by atoms with Crippen LogP contribution in [0.1, 0.15) is 15.9 Å². The Morgan fingerprint density at radius 3 is 2.27 bits per heavy atom. The minimum absolute atomic E-state index is 0.192. The Labute approximate surface area is 217 Å². The molecule has 0 atom stereocenters. The van der Waals surface area contributed by atoms with Gasteiger partial charge in [-0.1, -0.05) is 24.3 Å². The molecule has 0 aliphatic carbocycles. The quantitative estimate of drug-likeness (QED) is 0.373. The Morgan fingerprint density at radius 1 is 0.946 bits per heavy atom. The fourth-order valence-corrected chi connectivity index (χ4v) is 4.47. The summed E-state index contributed by atoms with van der Waals surface area (Å²) in [6.07, 6.45) is 0. The lowest BCUT2D eigenvalue weighted by atomic mass is 10.1. The third-order valence-corrected chi connectivity index (χ3v) is 6.72. The van der Waals surface area contributed by atoms with Crippen molar-refractivity contribution in [1.29, 1.82) is 0 Å². The number of hydrogen-bond acceptors (Lipinski definition) is 6. The fraction of sp³-hybridized carbons (Fsp3) is 0.241. The summed E-state index contributed by atoms with van der Waals surface area (Å²) in [4.78, 5) is 17.7. The number of aromatic nitrogens is 2. The zero-order valence-electron chi connectivity index (χ0n) is 21.2. The predicted octanol–water partition coefficient (Wildman–Crippen LogP) is 4.19. The number of amides is 1. The van der Waals surface area contributed by atoms with Gasteiger partial charge in [-0.25, -0.2) is 0 Å². The van der Waals surface area contributed by atoms with E-state index in [0.29, 0.717) is 23.6 Å². The molecule has 4 aromatic rings. The van der Waals surface area contributed by atoms with Crippen LogP contribution in [0.25, 0.3) is 11.3 Å². The molecule has 1 aromatic heterocycles. The van der Waals surface area contributed by atoms with Crippen LogP contribution in [0.4, 0.5) is 17.2 Å². The molecule has 1 aliphatic heterocycles. The lowest BCUT2D eigenvalue weighted by Gasteiger charge is -2.34. The molecule has 190 valence electrons. The van der Waals surface area contributed by atoms with Crippen molar-refractivity contribution < 1.29 is 9.53 Å². The fourth-order valence-electron chi connectivity index (χ4n) is 4.47. The van der Waals surface area contributed by atoms with E-state index in [9.17, 15) is 4.79 Å². The molecule has 0 saturated carbocycles. The molecule has 3 aromatic carbocycles. The Kier molecular flexibility index (Phi) is 7.09. The molecular formula is C29H32N6O2. The summed E-state index contributed by atoms with van der Waals surface area (Å²) in [6, 6.07) is 25.2. The first-order chi connectivity index (χ1) is 18.0. The molecule has 0 radical (unpaired) electrons. The van der Waals surface area contributed by atoms with Gasteiger partial charge >= 0.3 is 0 Å². The van der Waals surface area contributed by atoms with Gasteiger partial charge in [0.05, 0.1) is 19.3 Å². The number of hydrogen-bond donors (Lipinski definition) is 2. The number of rotatable bonds is 7. The number of carbonyl (C=O) groups is 1. The third kappa shape index (κ3) is 5.76. The molecule has 8 nitrogen and oxygen atoms in total. The smallest absolute Gasteiger partial charge is 0.256 e. The van der Waals surface area contributed by atoms with Gasteiger partial charge < -0.3 is 25.6 Å². The number of methoxy groups -OCH3 is 1. The third-order valence-electron chi connectivity index (χ3n) is 6.72. The van der Waals surface area contributed by atoms with Crippen molar-refractivity contribution in [1.82, 2.24) is 14.7 Å². The zero-order valence-corrected chi connectivity index (χ0v) is 21.2. The number of likely N-dealkylation sites (N-methyl/N-ethyl adjacent to an activating group) is 1. The van der Waals surface area contributed by atoms with Crippen LogP contribution in [-0.4, -0.2) is 60.9 Å². The number of nitrogens with two attached hydrogens (primary N) is 1. The van der Waals surface area contributed by atoms with Gasteiger partial charge in [-0.15, -0.1) is 0 Å². The van der Waals surface area contributed by atoms with E-state index < -0.39 is 0 Å². The maximum absolute atomic E-state index is 13.1. The normalized spacial score (nSPS) is 13.9. The van der Waals surface area contributed by atoms with Crippen molar-refractivity contribution in [2.24, 2.45) is 0 Å². The second kappa shape index (κ2) is 10.8. The van der Waals surface area contributed by atoms with E-state index in [2.05, 4.69) is 22.2 Å². The summed E-state index contributed by atoms with van der Waals surface area (Å²) in [6.45, 7) is 4.60. The van der Waals surface area contributed by atoms with Crippen LogP contribution in [0.2, 0.25) is 0 Å². The summed E-state index contributed by atoms with van der Waals surface area (Å²) >= 11 is 0. The van der Waals surface area contributed by atoms with E-state index in [1.54, 1.807) is 7.11 Å². The van der Waals surface area contributed by atoms with Crippen molar-refractivity contribution in [2.75, 3.05) is 56.3 Å². The predicted molar refractivity (Wildman–Crippen MR) is 148 cm³/mol. The van der Waals surface area contributed by atoms with E-state index in [1.165, 1.54) is 0 Å². The van der Waals surface area contributed by atoms with Gasteiger partial charge in [-0.05, 0) is 61.1 Å². The average Bonchev–Trinajstić information content (AvgIpc) is 3.31. The Balaban J connectivity index is 1.35. The number of anilines is 3. The Bertz CT molecular complexity index is 1340. The molecule has 0 bridgehead atoms. The highest BCUT2D eigenvalue weighted by atomic mass is 16.5. The van der Waals surface area contributed by atoms with E-state index in [-0.39, 0.29) is 5.91 Å². The van der Waals surface area contributed by atoms with Crippen LogP contribution in [0.5, 0.6) is 5.75 Å². The van der Waals surface area contributed by atoms with Gasteiger partial charge in [0.1, 0.15) is 5.75 Å². The first-order valence-electron chi connectivity index (χ1n) is 12.4. The van der Waals surface area contributed by atoms with Crippen LogP contribution in [0, 0.1) is 0 Å². The van der Waals surface area contributed by atoms with Gasteiger partial charge in [0.2, 0.25) is 0 Å². The van der Waals surface area contributed by atoms with Gasteiger partial charge in [-0.2, -0.15) is 5.10 Å². The van der Waals surface area contributed by atoms with E-state index >= 15 is 0 Å². The Hall–Kier alpha value is -4.30. The van der Waals surface area contributed by atoms with E-state index in [1.807, 2.05) is 83.5 Å². The summed E-state index contributed by atoms with van der Waals surface area (Å²) in [5, 5.41) is 7.69. The second-order valence-corrected chi connectivity index (χ2v) is 9.33. The van der Waals surface area contributed by atoms with Crippen molar-refractivity contribution in [3.05, 3.63) is 90.0 Å². The number of ether oxygens (including phenoxy) is 1. The molecule has 5 rings (SSSR count). The highest BCUT2D eigenvalue weighted by molar-refractivity contribution is 6.04. The van der Waals surface area contributed by atoms with Crippen molar-refractivity contribution >= 4 is 23.1 Å². The van der Waals surface area contributed by atoms with Gasteiger partial charge in [0, 0.05) is 54.7 Å². The topological polar surface area (TPSA) is 88.7 Å². The monoisotopic (exact) mass is 496 g/mol. The number of nitrogen functional groups attached to an aromatic ring is 1. The molecule has 2 heterocycles. The molecule has 1 amide bonds. The van der Waals surface area contributed by atoms with Crippen molar-refractivity contribution in [2.45, 2.75) is 6.54 Å². The largest absolute Gasteiger partial charge is 0.497 e. The van der Waals surface area contributed by atoms with Crippen LogP contribution in [-0.2, 0) is 6.54 Å². The molecule has 37 heavy (non-hydrogen) atoms. The molecule has 1 saturated heterocycles. The number of benzene rings is 3. The number of carbonyl (C=O) groups excluding carboxylic acids is 1. The first-order valence-corrected chi connectivity index (χ1v) is 12.4. The summed E-state index contributed by atoms with van der Waals surface area (Å²) in [5.41, 5.74) is 11.2. The minimum atomic E-state index is -0.192. The van der Waals surface area contributed by atoms with E-state index in [0.717, 1.165) is 54.4 Å². The van der Waals surface area contributed by atoms with Crippen molar-refractivity contribution in [3.8, 4) is 17.0 Å². The standard InChI is InChI=1S/C29H32N6O2/c1-33-15-17-34(18-16-33)25-11-7-23(8-12-25)29(36)31-28-19-27(22-5-9-24(30)10-6-22)35(32-28)20-21-3-13-26(37-2)14-4-21/h3-14,19H,15-18,20,30H2,1-2H3,(H,31,32,36). The van der Waals surface area contributed by atoms with E-state index in [4.69, 9.17) is 15.6 Å². The molecule has 8 heteroatoms. The second-order valence-electron chi connectivity index (χ2n) is 9.33. The lowest BCUT2D eigenvalue weighted by molar-refractivity contribution is 0.102. The van der Waals surface area contributed by atoms with Crippen LogP contribution < -0.4 is 20.7 Å². The number of nitrogens with zero attached hydrogens (tertiary/aromatic N) is 4. The van der Waals surface area contributed by atoms with Crippen LogP contribution in [0.3, 0.4) is 0 Å². The van der Waals surface area contributed by atoms with Crippen LogP contribution >= 0.6 is 0 Å². The lowest BCUT2D eigenvalue weighted by Crippen LogP contribution is -2.44. The van der Waals surface area contributed by atoms with Gasteiger partial charge in [0.25, 0.3) is 5.91 Å².